The SMILES string of the molecule is COCCCNC(=O)CN1CC(CO)OC(C)(C)C1. The fourth-order valence-electron chi connectivity index (χ4n) is 2.34. The largest absolute Gasteiger partial charge is 0.394 e. The molecule has 1 rings (SSSR count). The molecule has 1 heterocycles. The summed E-state index contributed by atoms with van der Waals surface area (Å²) in [4.78, 5) is 13.8. The van der Waals surface area contributed by atoms with Gasteiger partial charge in [0.2, 0.25) is 5.91 Å². The molecule has 0 aliphatic carbocycles. The predicted octanol–water partition coefficient (Wildman–Crippen LogP) is -0.389. The number of carbonyl (C=O) groups excluding carboxylic acids is 1. The lowest BCUT2D eigenvalue weighted by atomic mass is 10.1. The molecule has 1 aliphatic heterocycles. The number of hydrogen-bond acceptors (Lipinski definition) is 5. The van der Waals surface area contributed by atoms with Gasteiger partial charge in [0.1, 0.15) is 0 Å². The molecule has 112 valence electrons. The highest BCUT2D eigenvalue weighted by atomic mass is 16.5. The predicted molar refractivity (Wildman–Crippen MR) is 72.0 cm³/mol. The number of ether oxygens (including phenoxy) is 2. The molecule has 6 heteroatoms. The topological polar surface area (TPSA) is 71.0 Å². The highest BCUT2D eigenvalue weighted by Gasteiger charge is 2.33. The molecule has 6 nitrogen and oxygen atoms in total. The minimum absolute atomic E-state index is 0.00509. The number of nitrogens with one attached hydrogen (secondary N) is 1. The molecule has 0 radical (unpaired) electrons. The Labute approximate surface area is 115 Å². The van der Waals surface area contributed by atoms with Crippen LogP contribution in [0.15, 0.2) is 0 Å². The molecule has 0 saturated carbocycles. The number of aliphatic hydroxyl groups is 1. The Morgan fingerprint density at radius 1 is 1.58 bits per heavy atom. The van der Waals surface area contributed by atoms with Crippen LogP contribution in [0.3, 0.4) is 0 Å². The second kappa shape index (κ2) is 7.79. The second-order valence-corrected chi connectivity index (χ2v) is 5.55. The van der Waals surface area contributed by atoms with Crippen molar-refractivity contribution in [1.29, 1.82) is 0 Å². The number of amides is 1. The quantitative estimate of drug-likeness (QED) is 0.619. The summed E-state index contributed by atoms with van der Waals surface area (Å²) < 4.78 is 10.6. The highest BCUT2D eigenvalue weighted by molar-refractivity contribution is 5.78. The van der Waals surface area contributed by atoms with Gasteiger partial charge in [-0.1, -0.05) is 0 Å². The van der Waals surface area contributed by atoms with E-state index in [0.717, 1.165) is 6.42 Å². The molecule has 1 fully saturated rings. The van der Waals surface area contributed by atoms with E-state index in [1.807, 2.05) is 18.7 Å². The molecular weight excluding hydrogens is 248 g/mol. The summed E-state index contributed by atoms with van der Waals surface area (Å²) in [7, 11) is 1.65. The molecule has 0 aromatic rings. The van der Waals surface area contributed by atoms with Gasteiger partial charge >= 0.3 is 0 Å². The zero-order chi connectivity index (χ0) is 14.3. The van der Waals surface area contributed by atoms with Crippen molar-refractivity contribution in [3.8, 4) is 0 Å². The van der Waals surface area contributed by atoms with Gasteiger partial charge in [0.25, 0.3) is 0 Å². The number of aliphatic hydroxyl groups excluding tert-OH is 1. The molecule has 0 aromatic heterocycles. The van der Waals surface area contributed by atoms with Crippen molar-refractivity contribution in [3.05, 3.63) is 0 Å². The normalized spacial score (nSPS) is 23.3. The Morgan fingerprint density at radius 3 is 2.95 bits per heavy atom. The van der Waals surface area contributed by atoms with Crippen LogP contribution in [0.4, 0.5) is 0 Å². The van der Waals surface area contributed by atoms with Gasteiger partial charge in [-0.25, -0.2) is 0 Å². The summed E-state index contributed by atoms with van der Waals surface area (Å²) in [5, 5.41) is 12.1. The van der Waals surface area contributed by atoms with Crippen LogP contribution in [-0.4, -0.2) is 74.1 Å². The van der Waals surface area contributed by atoms with E-state index in [1.165, 1.54) is 0 Å². The molecule has 0 aromatic carbocycles. The lowest BCUT2D eigenvalue weighted by Gasteiger charge is -2.42. The third kappa shape index (κ3) is 6.33. The first kappa shape index (κ1) is 16.4. The molecule has 1 saturated heterocycles. The van der Waals surface area contributed by atoms with E-state index in [1.54, 1.807) is 7.11 Å². The van der Waals surface area contributed by atoms with E-state index < -0.39 is 0 Å². The zero-order valence-electron chi connectivity index (χ0n) is 12.1. The molecule has 2 N–H and O–H groups in total. The third-order valence-corrected chi connectivity index (χ3v) is 2.97. The molecule has 0 bridgehead atoms. The van der Waals surface area contributed by atoms with E-state index >= 15 is 0 Å². The van der Waals surface area contributed by atoms with Crippen molar-refractivity contribution in [2.45, 2.75) is 32.0 Å². The summed E-state index contributed by atoms with van der Waals surface area (Å²) in [6.07, 6.45) is 0.598. The van der Waals surface area contributed by atoms with Crippen LogP contribution in [0.25, 0.3) is 0 Å². The monoisotopic (exact) mass is 274 g/mol. The molecular formula is C13H26N2O4. The molecule has 1 atom stereocenters. The third-order valence-electron chi connectivity index (χ3n) is 2.97. The van der Waals surface area contributed by atoms with Crippen molar-refractivity contribution in [1.82, 2.24) is 10.2 Å². The van der Waals surface area contributed by atoms with Crippen molar-refractivity contribution < 1.29 is 19.4 Å². The first-order chi connectivity index (χ1) is 8.96. The number of nitrogens with zero attached hydrogens (tertiary/aromatic N) is 1. The number of rotatable bonds is 7. The average Bonchev–Trinajstić information content (AvgIpc) is 2.32. The maximum atomic E-state index is 11.8. The first-order valence-electron chi connectivity index (χ1n) is 6.73. The van der Waals surface area contributed by atoms with Crippen LogP contribution >= 0.6 is 0 Å². The maximum Gasteiger partial charge on any atom is 0.234 e. The number of hydrogen-bond donors (Lipinski definition) is 2. The highest BCUT2D eigenvalue weighted by Crippen LogP contribution is 2.20. The van der Waals surface area contributed by atoms with Crippen molar-refractivity contribution in [2.75, 3.05) is 46.5 Å². The number of carbonyl (C=O) groups is 1. The Kier molecular flexibility index (Phi) is 6.71. The van der Waals surface area contributed by atoms with Gasteiger partial charge < -0.3 is 19.9 Å². The fraction of sp³-hybridized carbons (Fsp3) is 0.923. The molecule has 1 aliphatic rings. The lowest BCUT2D eigenvalue weighted by molar-refractivity contribution is -0.153. The molecule has 1 amide bonds. The zero-order valence-corrected chi connectivity index (χ0v) is 12.1. The standard InChI is InChI=1S/C13H26N2O4/c1-13(2)10-15(7-11(9-16)19-13)8-12(17)14-5-4-6-18-3/h11,16H,4-10H2,1-3H3,(H,14,17). The van der Waals surface area contributed by atoms with E-state index in [-0.39, 0.29) is 24.2 Å². The van der Waals surface area contributed by atoms with Gasteiger partial charge in [0.05, 0.1) is 24.9 Å². The van der Waals surface area contributed by atoms with Crippen LogP contribution in [0, 0.1) is 0 Å². The number of methoxy groups -OCH3 is 1. The van der Waals surface area contributed by atoms with Crippen LogP contribution in [0.1, 0.15) is 20.3 Å². The van der Waals surface area contributed by atoms with E-state index in [4.69, 9.17) is 9.47 Å². The van der Waals surface area contributed by atoms with Crippen LogP contribution < -0.4 is 5.32 Å². The Morgan fingerprint density at radius 2 is 2.32 bits per heavy atom. The van der Waals surface area contributed by atoms with Gasteiger partial charge in [-0.05, 0) is 20.3 Å². The van der Waals surface area contributed by atoms with Crippen LogP contribution in [0.2, 0.25) is 0 Å². The van der Waals surface area contributed by atoms with E-state index in [9.17, 15) is 9.90 Å². The summed E-state index contributed by atoms with van der Waals surface area (Å²) >= 11 is 0. The van der Waals surface area contributed by atoms with Crippen molar-refractivity contribution in [2.24, 2.45) is 0 Å². The van der Waals surface area contributed by atoms with Gasteiger partial charge in [-0.2, -0.15) is 0 Å². The van der Waals surface area contributed by atoms with Gasteiger partial charge in [-0.3, -0.25) is 9.69 Å². The Hall–Kier alpha value is -0.690. The Bertz CT molecular complexity index is 284. The second-order valence-electron chi connectivity index (χ2n) is 5.55. The molecule has 19 heavy (non-hydrogen) atoms. The minimum atomic E-state index is -0.331. The van der Waals surface area contributed by atoms with Crippen molar-refractivity contribution >= 4 is 5.91 Å². The average molecular weight is 274 g/mol. The Balaban J connectivity index is 2.32. The van der Waals surface area contributed by atoms with Gasteiger partial charge in [-0.15, -0.1) is 0 Å². The fourth-order valence-corrected chi connectivity index (χ4v) is 2.34. The summed E-state index contributed by atoms with van der Waals surface area (Å²) in [6.45, 7) is 6.82. The lowest BCUT2D eigenvalue weighted by Crippen LogP contribution is -2.55. The molecule has 1 unspecified atom stereocenters. The first-order valence-corrected chi connectivity index (χ1v) is 6.73. The van der Waals surface area contributed by atoms with Crippen LogP contribution in [0.5, 0.6) is 0 Å². The summed E-state index contributed by atoms with van der Waals surface area (Å²) in [6, 6.07) is 0. The van der Waals surface area contributed by atoms with Gasteiger partial charge in [0, 0.05) is 33.4 Å². The van der Waals surface area contributed by atoms with Crippen molar-refractivity contribution in [3.63, 3.8) is 0 Å². The minimum Gasteiger partial charge on any atom is -0.394 e. The van der Waals surface area contributed by atoms with E-state index in [0.29, 0.717) is 32.8 Å². The maximum absolute atomic E-state index is 11.8. The number of morpholine rings is 1. The molecule has 0 spiro atoms. The summed E-state index contributed by atoms with van der Waals surface area (Å²) in [5.74, 6) is 0.00509. The van der Waals surface area contributed by atoms with E-state index in [2.05, 4.69) is 5.32 Å². The summed E-state index contributed by atoms with van der Waals surface area (Å²) in [5.41, 5.74) is -0.331. The van der Waals surface area contributed by atoms with Gasteiger partial charge in [0.15, 0.2) is 0 Å². The van der Waals surface area contributed by atoms with Crippen LogP contribution in [-0.2, 0) is 14.3 Å². The smallest absolute Gasteiger partial charge is 0.234 e.